The summed E-state index contributed by atoms with van der Waals surface area (Å²) in [5.41, 5.74) is 1.44. The highest BCUT2D eigenvalue weighted by Crippen LogP contribution is 2.28. The second-order valence-corrected chi connectivity index (χ2v) is 5.39. The molecule has 0 radical (unpaired) electrons. The van der Waals surface area contributed by atoms with Crippen LogP contribution in [0.15, 0.2) is 36.4 Å². The number of nitro groups is 1. The second kappa shape index (κ2) is 7.65. The summed E-state index contributed by atoms with van der Waals surface area (Å²) in [4.78, 5) is 22.6. The van der Waals surface area contributed by atoms with Crippen LogP contribution in [0.1, 0.15) is 5.56 Å². The van der Waals surface area contributed by atoms with Crippen molar-refractivity contribution in [1.82, 2.24) is 0 Å². The molecule has 0 aliphatic carbocycles. The van der Waals surface area contributed by atoms with E-state index in [0.717, 1.165) is 0 Å². The van der Waals surface area contributed by atoms with Gasteiger partial charge in [0.25, 0.3) is 5.69 Å². The second-order valence-electron chi connectivity index (χ2n) is 4.95. The Bertz CT molecular complexity index is 780. The van der Waals surface area contributed by atoms with Crippen molar-refractivity contribution < 1.29 is 14.5 Å². The number of carbonyl (C=O) groups excluding carboxylic acids is 1. The molecule has 2 N–H and O–H groups in total. The first-order valence-corrected chi connectivity index (χ1v) is 7.41. The fourth-order valence-electron chi connectivity index (χ4n) is 2.16. The summed E-state index contributed by atoms with van der Waals surface area (Å²) in [6.45, 7) is 1.57. The fraction of sp³-hybridized carbons (Fsp3) is 0.188. The molecular weight excluding hydrogens is 334 g/mol. The Balaban J connectivity index is 2.06. The summed E-state index contributed by atoms with van der Waals surface area (Å²) in [6, 6.07) is 9.53. The number of anilines is 2. The normalized spacial score (nSPS) is 10.1. The van der Waals surface area contributed by atoms with E-state index in [9.17, 15) is 14.9 Å². The number of hydrogen-bond donors (Lipinski definition) is 2. The molecule has 0 saturated carbocycles. The predicted octanol–water partition coefficient (Wildman–Crippen LogP) is 3.62. The van der Waals surface area contributed by atoms with Gasteiger partial charge in [0, 0.05) is 22.3 Å². The van der Waals surface area contributed by atoms with Crippen LogP contribution >= 0.6 is 11.6 Å². The first-order valence-electron chi connectivity index (χ1n) is 7.03. The van der Waals surface area contributed by atoms with Gasteiger partial charge in [0.2, 0.25) is 5.91 Å². The lowest BCUT2D eigenvalue weighted by molar-refractivity contribution is -0.385. The van der Waals surface area contributed by atoms with Gasteiger partial charge < -0.3 is 15.4 Å². The largest absolute Gasteiger partial charge is 0.495 e. The van der Waals surface area contributed by atoms with Crippen molar-refractivity contribution in [2.24, 2.45) is 0 Å². The van der Waals surface area contributed by atoms with Crippen molar-refractivity contribution in [3.63, 3.8) is 0 Å². The van der Waals surface area contributed by atoms with E-state index in [1.807, 2.05) is 0 Å². The summed E-state index contributed by atoms with van der Waals surface area (Å²) in [5.74, 6) is 0.153. The third kappa shape index (κ3) is 4.14. The molecule has 0 spiro atoms. The molecule has 7 nitrogen and oxygen atoms in total. The lowest BCUT2D eigenvalue weighted by Crippen LogP contribution is -2.22. The van der Waals surface area contributed by atoms with Gasteiger partial charge in [0.1, 0.15) is 5.75 Å². The first-order chi connectivity index (χ1) is 11.4. The molecule has 1 amide bonds. The van der Waals surface area contributed by atoms with Crippen LogP contribution in [0.4, 0.5) is 17.1 Å². The third-order valence-electron chi connectivity index (χ3n) is 3.38. The van der Waals surface area contributed by atoms with E-state index in [2.05, 4.69) is 10.6 Å². The zero-order valence-corrected chi connectivity index (χ0v) is 13.9. The van der Waals surface area contributed by atoms with Gasteiger partial charge >= 0.3 is 0 Å². The SMILES string of the molecule is COc1ccc(Cl)cc1NC(=O)CNc1cccc([N+](=O)[O-])c1C. The number of benzene rings is 2. The maximum atomic E-state index is 12.1. The summed E-state index contributed by atoms with van der Waals surface area (Å²) in [7, 11) is 1.49. The van der Waals surface area contributed by atoms with Gasteiger partial charge in [0.15, 0.2) is 0 Å². The van der Waals surface area contributed by atoms with Crippen LogP contribution < -0.4 is 15.4 Å². The number of nitrogens with one attached hydrogen (secondary N) is 2. The number of halogens is 1. The number of methoxy groups -OCH3 is 1. The predicted molar refractivity (Wildman–Crippen MR) is 93.0 cm³/mol. The molecule has 126 valence electrons. The number of nitrogens with zero attached hydrogens (tertiary/aromatic N) is 1. The standard InChI is InChI=1S/C16H16ClN3O4/c1-10-12(4-3-5-14(10)20(22)23)18-9-16(21)19-13-8-11(17)6-7-15(13)24-2/h3-8,18H,9H2,1-2H3,(H,19,21). The minimum absolute atomic E-state index is 0.00285. The van der Waals surface area contributed by atoms with Gasteiger partial charge in [-0.05, 0) is 31.2 Å². The number of carbonyl (C=O) groups is 1. The molecule has 2 aromatic carbocycles. The quantitative estimate of drug-likeness (QED) is 0.613. The fourth-order valence-corrected chi connectivity index (χ4v) is 2.33. The maximum Gasteiger partial charge on any atom is 0.274 e. The van der Waals surface area contributed by atoms with Crippen LogP contribution in [-0.4, -0.2) is 24.5 Å². The Kier molecular flexibility index (Phi) is 5.59. The van der Waals surface area contributed by atoms with Gasteiger partial charge in [-0.3, -0.25) is 14.9 Å². The molecule has 2 rings (SSSR count). The Morgan fingerprint density at radius 1 is 1.29 bits per heavy atom. The average Bonchev–Trinajstić information content (AvgIpc) is 2.54. The third-order valence-corrected chi connectivity index (χ3v) is 3.61. The number of rotatable bonds is 6. The van der Waals surface area contributed by atoms with Crippen molar-refractivity contribution in [2.45, 2.75) is 6.92 Å². The molecule has 0 bridgehead atoms. The molecular formula is C16H16ClN3O4. The van der Waals surface area contributed by atoms with Crippen LogP contribution in [0.2, 0.25) is 5.02 Å². The highest BCUT2D eigenvalue weighted by Gasteiger charge is 2.14. The Morgan fingerprint density at radius 2 is 2.04 bits per heavy atom. The van der Waals surface area contributed by atoms with Crippen molar-refractivity contribution in [1.29, 1.82) is 0 Å². The van der Waals surface area contributed by atoms with Crippen molar-refractivity contribution in [3.8, 4) is 5.75 Å². The lowest BCUT2D eigenvalue weighted by atomic mass is 10.1. The molecule has 0 unspecified atom stereocenters. The van der Waals surface area contributed by atoms with Crippen LogP contribution in [0.5, 0.6) is 5.75 Å². The van der Waals surface area contributed by atoms with E-state index in [0.29, 0.717) is 27.7 Å². The first kappa shape index (κ1) is 17.6. The monoisotopic (exact) mass is 349 g/mol. The minimum atomic E-state index is -0.461. The molecule has 0 saturated heterocycles. The molecule has 0 heterocycles. The lowest BCUT2D eigenvalue weighted by Gasteiger charge is -2.12. The van der Waals surface area contributed by atoms with E-state index in [1.54, 1.807) is 37.3 Å². The van der Waals surface area contributed by atoms with Gasteiger partial charge in [-0.25, -0.2) is 0 Å². The van der Waals surface area contributed by atoms with Crippen molar-refractivity contribution >= 4 is 34.6 Å². The molecule has 0 aliphatic heterocycles. The smallest absolute Gasteiger partial charge is 0.274 e. The number of ether oxygens (including phenoxy) is 1. The zero-order chi connectivity index (χ0) is 17.7. The van der Waals surface area contributed by atoms with Gasteiger partial charge in [-0.2, -0.15) is 0 Å². The number of nitro benzene ring substituents is 1. The van der Waals surface area contributed by atoms with Crippen LogP contribution in [0.25, 0.3) is 0 Å². The molecule has 0 aliphatic rings. The molecule has 2 aromatic rings. The molecule has 0 fully saturated rings. The summed E-state index contributed by atoms with van der Waals surface area (Å²) in [5, 5.41) is 17.0. The Hall–Kier alpha value is -2.80. The molecule has 8 heteroatoms. The van der Waals surface area contributed by atoms with Gasteiger partial charge in [0.05, 0.1) is 24.3 Å². The highest BCUT2D eigenvalue weighted by atomic mass is 35.5. The average molecular weight is 350 g/mol. The van der Waals surface area contributed by atoms with Gasteiger partial charge in [-0.1, -0.05) is 17.7 Å². The van der Waals surface area contributed by atoms with Crippen LogP contribution in [0, 0.1) is 17.0 Å². The summed E-state index contributed by atoms with van der Waals surface area (Å²) < 4.78 is 5.16. The summed E-state index contributed by atoms with van der Waals surface area (Å²) in [6.07, 6.45) is 0. The minimum Gasteiger partial charge on any atom is -0.495 e. The van der Waals surface area contributed by atoms with Crippen LogP contribution in [-0.2, 0) is 4.79 Å². The number of hydrogen-bond acceptors (Lipinski definition) is 5. The highest BCUT2D eigenvalue weighted by molar-refractivity contribution is 6.31. The molecule has 0 aromatic heterocycles. The van der Waals surface area contributed by atoms with Crippen molar-refractivity contribution in [2.75, 3.05) is 24.3 Å². The van der Waals surface area contributed by atoms with E-state index in [4.69, 9.17) is 16.3 Å². The summed E-state index contributed by atoms with van der Waals surface area (Å²) >= 11 is 5.91. The number of amides is 1. The van der Waals surface area contributed by atoms with E-state index >= 15 is 0 Å². The van der Waals surface area contributed by atoms with Gasteiger partial charge in [-0.15, -0.1) is 0 Å². The Labute approximate surface area is 143 Å². The zero-order valence-electron chi connectivity index (χ0n) is 13.1. The van der Waals surface area contributed by atoms with E-state index in [1.165, 1.54) is 13.2 Å². The Morgan fingerprint density at radius 3 is 2.71 bits per heavy atom. The van der Waals surface area contributed by atoms with E-state index in [-0.39, 0.29) is 18.1 Å². The molecule has 0 atom stereocenters. The maximum absolute atomic E-state index is 12.1. The van der Waals surface area contributed by atoms with Crippen LogP contribution in [0.3, 0.4) is 0 Å². The van der Waals surface area contributed by atoms with Crippen molar-refractivity contribution in [3.05, 3.63) is 57.1 Å². The van der Waals surface area contributed by atoms with E-state index < -0.39 is 4.92 Å². The topological polar surface area (TPSA) is 93.5 Å². The molecule has 24 heavy (non-hydrogen) atoms.